The zero-order valence-corrected chi connectivity index (χ0v) is 24.0. The average Bonchev–Trinajstić information content (AvgIpc) is 3.76. The Balaban J connectivity index is 1.32. The van der Waals surface area contributed by atoms with Crippen LogP contribution >= 0.6 is 34.8 Å². The van der Waals surface area contributed by atoms with Crippen molar-refractivity contribution in [2.24, 2.45) is 5.92 Å². The van der Waals surface area contributed by atoms with E-state index in [1.54, 1.807) is 41.3 Å². The predicted molar refractivity (Wildman–Crippen MR) is 161 cm³/mol. The highest BCUT2D eigenvalue weighted by Crippen LogP contribution is 2.42. The minimum Gasteiger partial charge on any atom is -0.508 e. The lowest BCUT2D eigenvalue weighted by atomic mass is 9.75. The van der Waals surface area contributed by atoms with Gasteiger partial charge in [-0.05, 0) is 60.2 Å². The number of nitrogens with zero attached hydrogens (tertiary/aromatic N) is 3. The number of aliphatic hydroxyl groups excluding tert-OH is 1. The summed E-state index contributed by atoms with van der Waals surface area (Å²) in [6.07, 6.45) is 4.63. The summed E-state index contributed by atoms with van der Waals surface area (Å²) < 4.78 is 20.7. The molecule has 5 rings (SSSR count). The van der Waals surface area contributed by atoms with E-state index in [9.17, 15) is 14.8 Å². The highest BCUT2D eigenvalue weighted by molar-refractivity contribution is 6.39. The van der Waals surface area contributed by atoms with Crippen LogP contribution in [0.2, 0.25) is 15.1 Å². The molecule has 7 nitrogen and oxygen atoms in total. The smallest absolute Gasteiger partial charge is 0.166 e. The first-order valence-corrected chi connectivity index (χ1v) is 13.9. The molecule has 1 aliphatic carbocycles. The van der Waals surface area contributed by atoms with Gasteiger partial charge < -0.3 is 25.5 Å². The maximum absolute atomic E-state index is 14.6. The van der Waals surface area contributed by atoms with Crippen LogP contribution in [-0.2, 0) is 5.41 Å². The summed E-state index contributed by atoms with van der Waals surface area (Å²) >= 11 is 19.4. The summed E-state index contributed by atoms with van der Waals surface area (Å²) in [7, 11) is 0. The zero-order valence-electron chi connectivity index (χ0n) is 21.7. The van der Waals surface area contributed by atoms with E-state index in [0.29, 0.717) is 37.8 Å². The van der Waals surface area contributed by atoms with E-state index in [1.807, 2.05) is 0 Å². The lowest BCUT2D eigenvalue weighted by Crippen LogP contribution is -2.59. The predicted octanol–water partition coefficient (Wildman–Crippen LogP) is 7.80. The number of nitrogens with one attached hydrogen (secondary N) is 2. The Morgan fingerprint density at radius 2 is 1.93 bits per heavy atom. The largest absolute Gasteiger partial charge is 0.508 e. The molecular weight excluding hydrogens is 588 g/mol. The van der Waals surface area contributed by atoms with E-state index in [0.717, 1.165) is 24.5 Å². The molecule has 0 radical (unpaired) electrons. The molecule has 2 heterocycles. The molecule has 0 bridgehead atoms. The summed E-state index contributed by atoms with van der Waals surface area (Å²) in [5, 5.41) is 32.0. The molecule has 11 heteroatoms. The number of rotatable bonds is 10. The van der Waals surface area contributed by atoms with E-state index in [1.165, 1.54) is 12.4 Å². The maximum Gasteiger partial charge on any atom is 0.166 e. The van der Waals surface area contributed by atoms with Crippen molar-refractivity contribution in [2.75, 3.05) is 29.9 Å². The van der Waals surface area contributed by atoms with Gasteiger partial charge in [0.25, 0.3) is 0 Å². The molecule has 0 unspecified atom stereocenters. The van der Waals surface area contributed by atoms with Crippen molar-refractivity contribution in [3.8, 4) is 11.8 Å². The third kappa shape index (κ3) is 5.84. The van der Waals surface area contributed by atoms with Crippen LogP contribution in [0.15, 0.2) is 66.5 Å². The van der Waals surface area contributed by atoms with Crippen molar-refractivity contribution in [2.45, 2.75) is 18.3 Å². The van der Waals surface area contributed by atoms with Crippen molar-refractivity contribution < 1.29 is 14.2 Å². The summed E-state index contributed by atoms with van der Waals surface area (Å²) in [5.74, 6) is -0.0778. The van der Waals surface area contributed by atoms with Gasteiger partial charge in [0.2, 0.25) is 0 Å². The molecule has 2 fully saturated rings. The fourth-order valence-corrected chi connectivity index (χ4v) is 5.66. The minimum absolute atomic E-state index is 0.0834. The summed E-state index contributed by atoms with van der Waals surface area (Å²) in [5.41, 5.74) is 1.85. The lowest BCUT2D eigenvalue weighted by Gasteiger charge is -2.46. The second-order valence-corrected chi connectivity index (χ2v) is 11.3. The standard InChI is InChI=1S/C30H25Cl3FN5O2/c1-17(40)19-9-26(34)29(37-12-19)39-15-30(14-36,16-39)22-8-7-20(10-25(22)33)41-13-27(21(11-35)18-5-6-18)38-28-23(31)3-2-4-24(28)32/h2-4,7-12,18,35,38,40H,1,5-6,13,15-16H2/b27-21+,35-11?. The molecule has 0 atom stereocenters. The van der Waals surface area contributed by atoms with Crippen molar-refractivity contribution in [3.05, 3.63) is 98.5 Å². The Bertz CT molecular complexity index is 1590. The Morgan fingerprint density at radius 3 is 2.49 bits per heavy atom. The number of pyridine rings is 1. The number of aromatic nitrogens is 1. The van der Waals surface area contributed by atoms with Crippen LogP contribution in [0.4, 0.5) is 15.9 Å². The van der Waals surface area contributed by atoms with Crippen LogP contribution in [0.5, 0.6) is 5.75 Å². The van der Waals surface area contributed by atoms with Crippen LogP contribution in [-0.4, -0.2) is 36.0 Å². The third-order valence-electron chi connectivity index (χ3n) is 7.19. The monoisotopic (exact) mass is 611 g/mol. The van der Waals surface area contributed by atoms with Gasteiger partial charge >= 0.3 is 0 Å². The third-order valence-corrected chi connectivity index (χ3v) is 8.13. The van der Waals surface area contributed by atoms with Crippen LogP contribution in [0, 0.1) is 28.5 Å². The van der Waals surface area contributed by atoms with Crippen LogP contribution in [0.3, 0.4) is 0 Å². The first-order chi connectivity index (χ1) is 19.7. The van der Waals surface area contributed by atoms with Gasteiger partial charge in [0.05, 0.1) is 27.5 Å². The summed E-state index contributed by atoms with van der Waals surface area (Å²) in [4.78, 5) is 5.74. The fraction of sp³-hybridized carbons (Fsp3) is 0.233. The number of halogens is 4. The molecule has 2 aliphatic rings. The van der Waals surface area contributed by atoms with Gasteiger partial charge in [0.15, 0.2) is 11.6 Å². The maximum atomic E-state index is 14.6. The second-order valence-electron chi connectivity index (χ2n) is 10.0. The quantitative estimate of drug-likeness (QED) is 0.159. The van der Waals surface area contributed by atoms with E-state index >= 15 is 0 Å². The Labute approximate surface area is 251 Å². The Kier molecular flexibility index (Phi) is 8.14. The zero-order chi connectivity index (χ0) is 29.3. The number of hydrogen-bond acceptors (Lipinski definition) is 7. The van der Waals surface area contributed by atoms with Crippen LogP contribution in [0.25, 0.3) is 5.76 Å². The van der Waals surface area contributed by atoms with Gasteiger partial charge in [-0.1, -0.05) is 53.5 Å². The summed E-state index contributed by atoms with van der Waals surface area (Å²) in [6, 6.07) is 13.8. The normalized spacial score (nSPS) is 16.2. The van der Waals surface area contributed by atoms with Crippen LogP contribution < -0.4 is 15.0 Å². The molecule has 3 N–H and O–H groups in total. The number of benzene rings is 2. The fourth-order valence-electron chi connectivity index (χ4n) is 4.81. The van der Waals surface area contributed by atoms with E-state index in [4.69, 9.17) is 44.9 Å². The first-order valence-electron chi connectivity index (χ1n) is 12.7. The molecule has 1 saturated heterocycles. The Hall–Kier alpha value is -3.77. The molecule has 2 aromatic carbocycles. The van der Waals surface area contributed by atoms with Gasteiger partial charge in [-0.2, -0.15) is 5.26 Å². The molecule has 0 amide bonds. The van der Waals surface area contributed by atoms with E-state index in [2.05, 4.69) is 22.9 Å². The molecule has 1 aromatic heterocycles. The highest BCUT2D eigenvalue weighted by Gasteiger charge is 2.47. The van der Waals surface area contributed by atoms with Crippen molar-refractivity contribution >= 4 is 58.3 Å². The van der Waals surface area contributed by atoms with Gasteiger partial charge in [0.1, 0.15) is 23.5 Å². The molecule has 1 aliphatic heterocycles. The van der Waals surface area contributed by atoms with Crippen molar-refractivity contribution in [1.82, 2.24) is 4.98 Å². The van der Waals surface area contributed by atoms with Crippen molar-refractivity contribution in [3.63, 3.8) is 0 Å². The number of para-hydroxylation sites is 1. The molecule has 210 valence electrons. The number of hydrogen-bond donors (Lipinski definition) is 3. The number of ether oxygens (including phenoxy) is 1. The lowest BCUT2D eigenvalue weighted by molar-refractivity contribution is 0.351. The Morgan fingerprint density at radius 1 is 1.22 bits per heavy atom. The van der Waals surface area contributed by atoms with Crippen molar-refractivity contribution in [1.29, 1.82) is 10.7 Å². The van der Waals surface area contributed by atoms with Crippen LogP contribution in [0.1, 0.15) is 24.0 Å². The molecule has 0 spiro atoms. The van der Waals surface area contributed by atoms with Gasteiger partial charge in [-0.3, -0.25) is 0 Å². The number of aliphatic hydroxyl groups is 1. The topological polar surface area (TPSA) is 105 Å². The molecule has 1 saturated carbocycles. The van der Waals surface area contributed by atoms with E-state index < -0.39 is 11.2 Å². The SMILES string of the molecule is C=C(O)c1cnc(N2CC(C#N)(c3ccc(OC/C(Nc4c(Cl)cccc4Cl)=C(/C=N)C4CC4)cc3Cl)C2)c(F)c1. The molecular formula is C30H25Cl3FN5O2. The second kappa shape index (κ2) is 11.6. The van der Waals surface area contributed by atoms with Gasteiger partial charge in [-0.15, -0.1) is 0 Å². The molecule has 41 heavy (non-hydrogen) atoms. The van der Waals surface area contributed by atoms with Gasteiger partial charge in [0, 0.05) is 36.1 Å². The average molecular weight is 613 g/mol. The number of nitriles is 1. The summed E-state index contributed by atoms with van der Waals surface area (Å²) in [6.45, 7) is 3.86. The first kappa shape index (κ1) is 28.7. The highest BCUT2D eigenvalue weighted by atomic mass is 35.5. The minimum atomic E-state index is -0.963. The van der Waals surface area contributed by atoms with Gasteiger partial charge in [-0.25, -0.2) is 9.37 Å². The number of allylic oxidation sites excluding steroid dienone is 1. The number of anilines is 2. The molecule has 3 aromatic rings. The van der Waals surface area contributed by atoms with E-state index in [-0.39, 0.29) is 42.8 Å².